The maximum Gasteiger partial charge on any atom is 0.344 e. The predicted molar refractivity (Wildman–Crippen MR) is 132 cm³/mol. The Morgan fingerprint density at radius 2 is 1.43 bits per heavy atom. The van der Waals surface area contributed by atoms with Crippen LogP contribution < -0.4 is 10.4 Å². The molecule has 0 radical (unpaired) electrons. The van der Waals surface area contributed by atoms with Crippen molar-refractivity contribution >= 4 is 27.0 Å². The molecular formula is C26H26N2O6S. The van der Waals surface area contributed by atoms with Crippen LogP contribution in [0.5, 0.6) is 5.75 Å². The molecule has 0 fully saturated rings. The fourth-order valence-electron chi connectivity index (χ4n) is 3.86. The molecule has 1 unspecified atom stereocenters. The minimum atomic E-state index is -4.30. The zero-order chi connectivity index (χ0) is 25.4. The number of ether oxygens (including phenoxy) is 2. The third kappa shape index (κ3) is 4.59. The Morgan fingerprint density at radius 3 is 2.00 bits per heavy atom. The van der Waals surface area contributed by atoms with Gasteiger partial charge in [0.05, 0.1) is 23.0 Å². The number of nitrogens with zero attached hydrogens (tertiary/aromatic N) is 2. The normalized spacial score (nSPS) is 12.9. The number of benzene rings is 3. The smallest absolute Gasteiger partial charge is 0.344 e. The van der Waals surface area contributed by atoms with Gasteiger partial charge in [-0.05, 0) is 62.7 Å². The Morgan fingerprint density at radius 1 is 0.857 bits per heavy atom. The molecule has 0 saturated heterocycles. The van der Waals surface area contributed by atoms with Gasteiger partial charge in [0.1, 0.15) is 11.4 Å². The van der Waals surface area contributed by atoms with Gasteiger partial charge in [0.2, 0.25) is 0 Å². The van der Waals surface area contributed by atoms with E-state index in [0.717, 1.165) is 3.97 Å². The summed E-state index contributed by atoms with van der Waals surface area (Å²) in [6.45, 7) is 5.19. The third-order valence-electron chi connectivity index (χ3n) is 5.34. The van der Waals surface area contributed by atoms with Gasteiger partial charge in [-0.15, -0.1) is 0 Å². The number of imidazole rings is 1. The van der Waals surface area contributed by atoms with Gasteiger partial charge in [-0.1, -0.05) is 42.5 Å². The second-order valence-corrected chi connectivity index (χ2v) is 10.7. The van der Waals surface area contributed by atoms with E-state index in [0.29, 0.717) is 11.3 Å². The lowest BCUT2D eigenvalue weighted by atomic mass is 10.1. The first-order valence-electron chi connectivity index (χ1n) is 10.9. The summed E-state index contributed by atoms with van der Waals surface area (Å²) in [6.07, 6.45) is 0. The van der Waals surface area contributed by atoms with Crippen LogP contribution in [0.1, 0.15) is 32.4 Å². The van der Waals surface area contributed by atoms with Gasteiger partial charge in [0, 0.05) is 0 Å². The molecule has 1 aromatic heterocycles. The van der Waals surface area contributed by atoms with Gasteiger partial charge >= 0.3 is 11.7 Å². The van der Waals surface area contributed by atoms with Crippen molar-refractivity contribution < 1.29 is 22.7 Å². The van der Waals surface area contributed by atoms with Gasteiger partial charge in [-0.3, -0.25) is 4.57 Å². The molecule has 0 bridgehead atoms. The monoisotopic (exact) mass is 494 g/mol. The number of esters is 1. The summed E-state index contributed by atoms with van der Waals surface area (Å²) in [6, 6.07) is 19.7. The summed E-state index contributed by atoms with van der Waals surface area (Å²) < 4.78 is 39.9. The lowest BCUT2D eigenvalue weighted by molar-refractivity contribution is -0.157. The van der Waals surface area contributed by atoms with Gasteiger partial charge in [0.25, 0.3) is 10.0 Å². The fourth-order valence-corrected chi connectivity index (χ4v) is 5.26. The van der Waals surface area contributed by atoms with Crippen LogP contribution in [0.25, 0.3) is 11.0 Å². The number of hydrogen-bond donors (Lipinski definition) is 0. The van der Waals surface area contributed by atoms with E-state index in [-0.39, 0.29) is 15.9 Å². The van der Waals surface area contributed by atoms with Crippen molar-refractivity contribution in [2.45, 2.75) is 37.3 Å². The van der Waals surface area contributed by atoms with Crippen molar-refractivity contribution in [2.75, 3.05) is 7.11 Å². The molecule has 1 atom stereocenters. The number of fused-ring (bicyclic) bond motifs is 1. The Kier molecular flexibility index (Phi) is 6.29. The number of aromatic nitrogens is 2. The van der Waals surface area contributed by atoms with Crippen LogP contribution >= 0.6 is 0 Å². The second-order valence-electron chi connectivity index (χ2n) is 8.93. The number of hydrogen-bond acceptors (Lipinski definition) is 6. The summed E-state index contributed by atoms with van der Waals surface area (Å²) >= 11 is 0. The van der Waals surface area contributed by atoms with Crippen LogP contribution in [0, 0.1) is 0 Å². The Bertz CT molecular complexity index is 1530. The maximum absolute atomic E-state index is 13.8. The molecule has 182 valence electrons. The molecule has 1 heterocycles. The van der Waals surface area contributed by atoms with Gasteiger partial charge in [-0.25, -0.2) is 18.0 Å². The molecule has 0 aliphatic heterocycles. The molecular weight excluding hydrogens is 468 g/mol. The summed E-state index contributed by atoms with van der Waals surface area (Å²) in [5, 5.41) is 0. The van der Waals surface area contributed by atoms with E-state index in [4.69, 9.17) is 9.47 Å². The number of rotatable bonds is 6. The second kappa shape index (κ2) is 9.07. The number of para-hydroxylation sites is 2. The van der Waals surface area contributed by atoms with Crippen LogP contribution in [0.2, 0.25) is 0 Å². The molecule has 8 nitrogen and oxygen atoms in total. The van der Waals surface area contributed by atoms with E-state index >= 15 is 0 Å². The molecule has 9 heteroatoms. The minimum Gasteiger partial charge on any atom is -0.497 e. The van der Waals surface area contributed by atoms with Crippen LogP contribution in [-0.4, -0.2) is 35.6 Å². The molecule has 0 aliphatic carbocycles. The van der Waals surface area contributed by atoms with E-state index in [1.165, 1.54) is 42.0 Å². The quantitative estimate of drug-likeness (QED) is 0.376. The first-order valence-corrected chi connectivity index (χ1v) is 12.4. The summed E-state index contributed by atoms with van der Waals surface area (Å²) in [4.78, 5) is 27.1. The summed E-state index contributed by atoms with van der Waals surface area (Å²) in [5.74, 6) is -0.191. The number of methoxy groups -OCH3 is 1. The highest BCUT2D eigenvalue weighted by molar-refractivity contribution is 7.90. The average Bonchev–Trinajstić information content (AvgIpc) is 3.11. The average molecular weight is 495 g/mol. The van der Waals surface area contributed by atoms with Crippen molar-refractivity contribution in [2.24, 2.45) is 0 Å². The third-order valence-corrected chi connectivity index (χ3v) is 7.04. The Labute approximate surface area is 203 Å². The highest BCUT2D eigenvalue weighted by Crippen LogP contribution is 2.28. The molecule has 0 N–H and O–H groups in total. The first kappa shape index (κ1) is 24.3. The van der Waals surface area contributed by atoms with Gasteiger partial charge in [-0.2, -0.15) is 3.97 Å². The zero-order valence-corrected chi connectivity index (χ0v) is 20.7. The lowest BCUT2D eigenvalue weighted by Gasteiger charge is -2.25. The number of carbonyl (C=O) groups is 1. The summed E-state index contributed by atoms with van der Waals surface area (Å²) in [7, 11) is -2.83. The Hall–Kier alpha value is -3.85. The van der Waals surface area contributed by atoms with Crippen molar-refractivity contribution in [1.82, 2.24) is 8.54 Å². The van der Waals surface area contributed by atoms with Gasteiger partial charge < -0.3 is 9.47 Å². The molecule has 0 aliphatic rings. The number of carbonyl (C=O) groups excluding carboxylic acids is 1. The van der Waals surface area contributed by atoms with Crippen molar-refractivity contribution in [3.8, 4) is 5.75 Å². The highest BCUT2D eigenvalue weighted by Gasteiger charge is 2.34. The van der Waals surface area contributed by atoms with Crippen molar-refractivity contribution in [3.05, 3.63) is 94.9 Å². The predicted octanol–water partition coefficient (Wildman–Crippen LogP) is 3.98. The van der Waals surface area contributed by atoms with Crippen LogP contribution in [0.4, 0.5) is 0 Å². The fraction of sp³-hybridized carbons (Fsp3) is 0.231. The maximum atomic E-state index is 13.8. The van der Waals surface area contributed by atoms with E-state index in [9.17, 15) is 18.0 Å². The van der Waals surface area contributed by atoms with E-state index in [1.807, 2.05) is 0 Å². The highest BCUT2D eigenvalue weighted by atomic mass is 32.2. The van der Waals surface area contributed by atoms with E-state index in [2.05, 4.69) is 0 Å². The van der Waals surface area contributed by atoms with Crippen molar-refractivity contribution in [3.63, 3.8) is 0 Å². The topological polar surface area (TPSA) is 96.6 Å². The molecule has 4 rings (SSSR count). The first-order chi connectivity index (χ1) is 16.5. The Balaban J connectivity index is 2.00. The molecule has 4 aromatic rings. The van der Waals surface area contributed by atoms with Gasteiger partial charge in [0.15, 0.2) is 6.04 Å². The molecule has 35 heavy (non-hydrogen) atoms. The molecule has 0 spiro atoms. The largest absolute Gasteiger partial charge is 0.497 e. The molecule has 3 aromatic carbocycles. The van der Waals surface area contributed by atoms with E-state index in [1.54, 1.807) is 69.3 Å². The van der Waals surface area contributed by atoms with Crippen LogP contribution in [0.15, 0.2) is 88.6 Å². The van der Waals surface area contributed by atoms with Crippen LogP contribution in [-0.2, 0) is 19.6 Å². The SMILES string of the molecule is COc1ccc(S(=O)(=O)n2c(=O)n(C(C(=O)OC(C)(C)C)c3ccccc3)c3ccccc32)cc1. The minimum absolute atomic E-state index is 0.0863. The van der Waals surface area contributed by atoms with E-state index < -0.39 is 33.3 Å². The molecule has 0 saturated carbocycles. The zero-order valence-electron chi connectivity index (χ0n) is 19.8. The molecule has 0 amide bonds. The standard InChI is InChI=1S/C26H26N2O6S/c1-26(2,3)34-24(29)23(18-10-6-5-7-11-18)27-21-12-8-9-13-22(21)28(25(27)30)35(31,32)20-16-14-19(33-4)15-17-20/h5-17,23H,1-4H3. The summed E-state index contributed by atoms with van der Waals surface area (Å²) in [5.41, 5.74) is -0.760. The van der Waals surface area contributed by atoms with Crippen LogP contribution in [0.3, 0.4) is 0 Å². The van der Waals surface area contributed by atoms with Crippen molar-refractivity contribution in [1.29, 1.82) is 0 Å². The lowest BCUT2D eigenvalue weighted by Crippen LogP contribution is -2.37.